The smallest absolute Gasteiger partial charge is 0.212 e. The Kier molecular flexibility index (Phi) is 2.65. The van der Waals surface area contributed by atoms with Crippen molar-refractivity contribution in [3.63, 3.8) is 0 Å². The Morgan fingerprint density at radius 1 is 1.14 bits per heavy atom. The molecule has 0 aliphatic rings. The van der Waals surface area contributed by atoms with Gasteiger partial charge >= 0.3 is 0 Å². The Bertz CT molecular complexity index is 888. The summed E-state index contributed by atoms with van der Waals surface area (Å²) >= 11 is 1.57. The van der Waals surface area contributed by atoms with E-state index in [-0.39, 0.29) is 0 Å². The van der Waals surface area contributed by atoms with Gasteiger partial charge in [-0.25, -0.2) is 9.50 Å². The first-order valence-corrected chi connectivity index (χ1v) is 7.39. The van der Waals surface area contributed by atoms with Crippen molar-refractivity contribution in [3.8, 4) is 22.5 Å². The summed E-state index contributed by atoms with van der Waals surface area (Å²) in [6.07, 6.45) is 1.92. The summed E-state index contributed by atoms with van der Waals surface area (Å²) in [5, 5.41) is 9.59. The number of benzene rings is 1. The quantitative estimate of drug-likeness (QED) is 0.565. The van der Waals surface area contributed by atoms with Gasteiger partial charge in [0.15, 0.2) is 0 Å². The predicted molar refractivity (Wildman–Crippen MR) is 81.3 cm³/mol. The second-order valence-corrected chi connectivity index (χ2v) is 5.96. The first-order valence-electron chi connectivity index (χ1n) is 6.57. The maximum atomic E-state index is 5.38. The van der Waals surface area contributed by atoms with Crippen molar-refractivity contribution in [2.45, 2.75) is 13.8 Å². The summed E-state index contributed by atoms with van der Waals surface area (Å²) in [6, 6.07) is 9.98. The fourth-order valence-electron chi connectivity index (χ4n) is 2.39. The van der Waals surface area contributed by atoms with Gasteiger partial charge in [-0.15, -0.1) is 0 Å². The van der Waals surface area contributed by atoms with E-state index in [0.717, 1.165) is 38.2 Å². The van der Waals surface area contributed by atoms with E-state index < -0.39 is 0 Å². The molecule has 0 bridgehead atoms. The number of hydrogen-bond donors (Lipinski definition) is 0. The van der Waals surface area contributed by atoms with Crippen LogP contribution < -0.4 is 0 Å². The van der Waals surface area contributed by atoms with Gasteiger partial charge in [0.25, 0.3) is 0 Å². The van der Waals surface area contributed by atoms with E-state index in [9.17, 15) is 0 Å². The van der Waals surface area contributed by atoms with Gasteiger partial charge in [-0.2, -0.15) is 5.10 Å². The Balaban J connectivity index is 1.91. The van der Waals surface area contributed by atoms with Crippen molar-refractivity contribution >= 4 is 16.3 Å². The summed E-state index contributed by atoms with van der Waals surface area (Å²) in [7, 11) is 0. The van der Waals surface area contributed by atoms with Crippen LogP contribution in [-0.2, 0) is 0 Å². The van der Waals surface area contributed by atoms with Crippen molar-refractivity contribution in [2.75, 3.05) is 0 Å². The number of aryl methyl sites for hydroxylation is 2. The third kappa shape index (κ3) is 1.95. The maximum Gasteiger partial charge on any atom is 0.212 e. The number of rotatable bonds is 2. The average molecular weight is 296 g/mol. The van der Waals surface area contributed by atoms with Crippen LogP contribution in [-0.4, -0.2) is 19.8 Å². The van der Waals surface area contributed by atoms with Crippen LogP contribution in [0, 0.1) is 13.8 Å². The molecule has 21 heavy (non-hydrogen) atoms. The van der Waals surface area contributed by atoms with E-state index in [4.69, 9.17) is 4.52 Å². The molecule has 5 nitrogen and oxygen atoms in total. The van der Waals surface area contributed by atoms with E-state index in [0.29, 0.717) is 0 Å². The summed E-state index contributed by atoms with van der Waals surface area (Å²) in [5.74, 6) is 0.760. The molecule has 0 amide bonds. The van der Waals surface area contributed by atoms with Gasteiger partial charge < -0.3 is 4.52 Å². The Hall–Kier alpha value is -2.47. The minimum Gasteiger partial charge on any atom is -0.360 e. The topological polar surface area (TPSA) is 56.2 Å². The molecule has 0 saturated carbocycles. The highest BCUT2D eigenvalue weighted by Crippen LogP contribution is 2.34. The number of fused-ring (bicyclic) bond motifs is 1. The molecule has 3 heterocycles. The minimum absolute atomic E-state index is 0.760. The molecule has 0 saturated heterocycles. The fraction of sp³-hybridized carbons (Fsp3) is 0.133. The van der Waals surface area contributed by atoms with Crippen LogP contribution in [0.15, 0.2) is 41.1 Å². The average Bonchev–Trinajstić information content (AvgIpc) is 3.12. The lowest BCUT2D eigenvalue weighted by Crippen LogP contribution is -1.84. The van der Waals surface area contributed by atoms with Gasteiger partial charge in [0.1, 0.15) is 16.5 Å². The fourth-order valence-corrected chi connectivity index (χ4v) is 3.11. The summed E-state index contributed by atoms with van der Waals surface area (Å²) < 4.78 is 7.19. The largest absolute Gasteiger partial charge is 0.360 e. The highest BCUT2D eigenvalue weighted by atomic mass is 32.1. The van der Waals surface area contributed by atoms with Crippen LogP contribution in [0.3, 0.4) is 0 Å². The molecular weight excluding hydrogens is 284 g/mol. The van der Waals surface area contributed by atoms with Crippen molar-refractivity contribution in [2.24, 2.45) is 0 Å². The van der Waals surface area contributed by atoms with Gasteiger partial charge in [0, 0.05) is 5.56 Å². The maximum absolute atomic E-state index is 5.38. The lowest BCUT2D eigenvalue weighted by Gasteiger charge is -1.99. The van der Waals surface area contributed by atoms with E-state index in [1.807, 2.05) is 50.4 Å². The van der Waals surface area contributed by atoms with Crippen molar-refractivity contribution in [1.82, 2.24) is 19.8 Å². The van der Waals surface area contributed by atoms with Crippen LogP contribution in [0.2, 0.25) is 0 Å². The Morgan fingerprint density at radius 2 is 1.95 bits per heavy atom. The van der Waals surface area contributed by atoms with Crippen LogP contribution in [0.1, 0.15) is 10.8 Å². The highest BCUT2D eigenvalue weighted by molar-refractivity contribution is 7.16. The van der Waals surface area contributed by atoms with E-state index in [1.54, 1.807) is 15.9 Å². The molecule has 0 fully saturated rings. The monoisotopic (exact) mass is 296 g/mol. The number of nitrogens with zero attached hydrogens (tertiary/aromatic N) is 4. The molecule has 104 valence electrons. The zero-order valence-corrected chi connectivity index (χ0v) is 12.4. The van der Waals surface area contributed by atoms with Crippen LogP contribution in [0.5, 0.6) is 0 Å². The second kappa shape index (κ2) is 4.53. The third-order valence-corrected chi connectivity index (χ3v) is 4.15. The number of aromatic nitrogens is 4. The Morgan fingerprint density at radius 3 is 2.71 bits per heavy atom. The normalized spacial score (nSPS) is 11.3. The van der Waals surface area contributed by atoms with E-state index in [1.165, 1.54) is 0 Å². The molecule has 6 heteroatoms. The first kappa shape index (κ1) is 12.3. The summed E-state index contributed by atoms with van der Waals surface area (Å²) in [4.78, 5) is 5.52. The van der Waals surface area contributed by atoms with Crippen molar-refractivity contribution < 1.29 is 4.52 Å². The molecule has 4 aromatic rings. The van der Waals surface area contributed by atoms with Gasteiger partial charge in [-0.05, 0) is 13.8 Å². The molecular formula is C15H12N4OS. The van der Waals surface area contributed by atoms with Crippen molar-refractivity contribution in [1.29, 1.82) is 0 Å². The summed E-state index contributed by atoms with van der Waals surface area (Å²) in [5.41, 5.74) is 3.60. The number of hydrogen-bond acceptors (Lipinski definition) is 5. The molecule has 0 aliphatic heterocycles. The minimum atomic E-state index is 0.760. The van der Waals surface area contributed by atoms with Gasteiger partial charge in [-0.3, -0.25) is 0 Å². The molecule has 4 rings (SSSR count). The van der Waals surface area contributed by atoms with E-state index >= 15 is 0 Å². The van der Waals surface area contributed by atoms with Gasteiger partial charge in [0.2, 0.25) is 4.96 Å². The van der Waals surface area contributed by atoms with E-state index in [2.05, 4.69) is 15.2 Å². The molecule has 0 aliphatic carbocycles. The van der Waals surface area contributed by atoms with Gasteiger partial charge in [-0.1, -0.05) is 46.8 Å². The predicted octanol–water partition coefficient (Wildman–Crippen LogP) is 3.73. The second-order valence-electron chi connectivity index (χ2n) is 4.80. The first-order chi connectivity index (χ1) is 10.2. The van der Waals surface area contributed by atoms with Crippen LogP contribution in [0.25, 0.3) is 27.5 Å². The van der Waals surface area contributed by atoms with Crippen molar-refractivity contribution in [3.05, 3.63) is 47.3 Å². The lowest BCUT2D eigenvalue weighted by atomic mass is 10.0. The molecule has 0 N–H and O–H groups in total. The highest BCUT2D eigenvalue weighted by Gasteiger charge is 2.19. The Labute approximate surface area is 124 Å². The molecule has 3 aromatic heterocycles. The molecule has 0 spiro atoms. The lowest BCUT2D eigenvalue weighted by molar-refractivity contribution is 0.400. The van der Waals surface area contributed by atoms with Crippen LogP contribution >= 0.6 is 11.3 Å². The zero-order chi connectivity index (χ0) is 14.4. The van der Waals surface area contributed by atoms with Gasteiger partial charge in [0.05, 0.1) is 17.5 Å². The molecule has 1 aromatic carbocycles. The molecule has 0 radical (unpaired) electrons. The number of imidazole rings is 1. The zero-order valence-electron chi connectivity index (χ0n) is 11.6. The summed E-state index contributed by atoms with van der Waals surface area (Å²) in [6.45, 7) is 3.87. The molecule has 0 atom stereocenters. The molecule has 0 unspecified atom stereocenters. The third-order valence-electron chi connectivity index (χ3n) is 3.31. The SMILES string of the molecule is Cc1nn2cc(-c3c(-c4ccccc4)noc3C)nc2s1. The standard InChI is InChI=1S/C15H12N4OS/c1-9-13(12-8-19-15(16-12)21-10(2)17-19)14(18-20-9)11-6-4-3-5-7-11/h3-8H,1-2H3. The van der Waals surface area contributed by atoms with Crippen LogP contribution in [0.4, 0.5) is 0 Å².